The molecule has 0 radical (unpaired) electrons. The van der Waals surface area contributed by atoms with Crippen molar-refractivity contribution in [2.45, 2.75) is 10.8 Å². The fourth-order valence-electron chi connectivity index (χ4n) is 1.09. The Hall–Kier alpha value is -0.140. The largest absolute Gasteiger partial charge is 0.383 e. The molecule has 1 rings (SSSR count). The molecule has 7 heteroatoms. The maximum Gasteiger partial charge on any atom is 0.243 e. The standard InChI is InChI=1S/C9H14ClNO3S2/c1-11(3-4-14-2)16(12,13)9-5-8(6-10)15-7-9/h5,7H,3-4,6H2,1-2H3. The van der Waals surface area contributed by atoms with Crippen LogP contribution in [-0.4, -0.2) is 40.0 Å². The molecule has 0 aliphatic carbocycles. The van der Waals surface area contributed by atoms with Crippen LogP contribution in [-0.2, 0) is 20.6 Å². The molecule has 1 heterocycles. The lowest BCUT2D eigenvalue weighted by Crippen LogP contribution is -2.29. The SMILES string of the molecule is COCCN(C)S(=O)(=O)c1csc(CCl)c1. The van der Waals surface area contributed by atoms with Gasteiger partial charge in [-0.05, 0) is 6.07 Å². The van der Waals surface area contributed by atoms with Crippen molar-refractivity contribution in [2.75, 3.05) is 27.3 Å². The van der Waals surface area contributed by atoms with Crippen LogP contribution >= 0.6 is 22.9 Å². The Kier molecular flexibility index (Phi) is 5.20. The van der Waals surface area contributed by atoms with Crippen molar-refractivity contribution < 1.29 is 13.2 Å². The number of alkyl halides is 1. The predicted octanol–water partition coefficient (Wildman–Crippen LogP) is 1.75. The highest BCUT2D eigenvalue weighted by Crippen LogP contribution is 2.22. The summed E-state index contributed by atoms with van der Waals surface area (Å²) in [5.41, 5.74) is 0. The fraction of sp³-hybridized carbons (Fsp3) is 0.556. The van der Waals surface area contributed by atoms with Crippen LogP contribution in [0.15, 0.2) is 16.3 Å². The van der Waals surface area contributed by atoms with E-state index in [1.807, 2.05) is 0 Å². The van der Waals surface area contributed by atoms with Crippen LogP contribution in [0.5, 0.6) is 0 Å². The highest BCUT2D eigenvalue weighted by molar-refractivity contribution is 7.89. The van der Waals surface area contributed by atoms with Gasteiger partial charge in [0.2, 0.25) is 10.0 Å². The van der Waals surface area contributed by atoms with Crippen molar-refractivity contribution in [1.29, 1.82) is 0 Å². The van der Waals surface area contributed by atoms with Gasteiger partial charge in [0.05, 0.1) is 17.4 Å². The Bertz CT molecular complexity index is 430. The molecular weight excluding hydrogens is 270 g/mol. The maximum atomic E-state index is 12.0. The van der Waals surface area contributed by atoms with Gasteiger partial charge in [0.25, 0.3) is 0 Å². The lowest BCUT2D eigenvalue weighted by atomic mass is 10.5. The molecule has 4 nitrogen and oxygen atoms in total. The number of methoxy groups -OCH3 is 1. The van der Waals surface area contributed by atoms with Gasteiger partial charge in [0.1, 0.15) is 0 Å². The number of ether oxygens (including phenoxy) is 1. The van der Waals surface area contributed by atoms with E-state index in [2.05, 4.69) is 0 Å². The monoisotopic (exact) mass is 283 g/mol. The summed E-state index contributed by atoms with van der Waals surface area (Å²) in [7, 11) is -0.323. The van der Waals surface area contributed by atoms with Crippen LogP contribution in [0, 0.1) is 0 Å². The lowest BCUT2D eigenvalue weighted by molar-refractivity contribution is 0.185. The molecule has 0 aliphatic heterocycles. The predicted molar refractivity (Wildman–Crippen MR) is 65.6 cm³/mol. The topological polar surface area (TPSA) is 46.6 Å². The van der Waals surface area contributed by atoms with Gasteiger partial charge in [-0.3, -0.25) is 0 Å². The molecule has 16 heavy (non-hydrogen) atoms. The Morgan fingerprint density at radius 2 is 2.25 bits per heavy atom. The first-order valence-electron chi connectivity index (χ1n) is 4.61. The number of sulfonamides is 1. The van der Waals surface area contributed by atoms with Crippen molar-refractivity contribution in [3.05, 3.63) is 16.3 Å². The zero-order chi connectivity index (χ0) is 12.2. The summed E-state index contributed by atoms with van der Waals surface area (Å²) in [4.78, 5) is 1.15. The van der Waals surface area contributed by atoms with Crippen molar-refractivity contribution in [3.63, 3.8) is 0 Å². The molecule has 0 amide bonds. The maximum absolute atomic E-state index is 12.0. The van der Waals surface area contributed by atoms with Gasteiger partial charge in [-0.2, -0.15) is 4.31 Å². The first kappa shape index (κ1) is 13.9. The quantitative estimate of drug-likeness (QED) is 0.748. The average Bonchev–Trinajstić information content (AvgIpc) is 2.74. The van der Waals surface area contributed by atoms with Gasteiger partial charge in [-0.25, -0.2) is 8.42 Å². The molecule has 0 unspecified atom stereocenters. The van der Waals surface area contributed by atoms with Gasteiger partial charge >= 0.3 is 0 Å². The number of hydrogen-bond acceptors (Lipinski definition) is 4. The van der Waals surface area contributed by atoms with Gasteiger partial charge in [0.15, 0.2) is 0 Å². The van der Waals surface area contributed by atoms with E-state index in [0.29, 0.717) is 23.9 Å². The third-order valence-corrected chi connectivity index (χ3v) is 5.45. The highest BCUT2D eigenvalue weighted by Gasteiger charge is 2.21. The van der Waals surface area contributed by atoms with Gasteiger partial charge in [0, 0.05) is 31.0 Å². The van der Waals surface area contributed by atoms with Crippen LogP contribution in [0.2, 0.25) is 0 Å². The molecule has 0 N–H and O–H groups in total. The minimum absolute atomic E-state index is 0.298. The van der Waals surface area contributed by atoms with Crippen molar-refractivity contribution in [2.24, 2.45) is 0 Å². The number of likely N-dealkylation sites (N-methyl/N-ethyl adjacent to an activating group) is 1. The Morgan fingerprint density at radius 1 is 1.56 bits per heavy atom. The molecule has 0 saturated carbocycles. The Balaban J connectivity index is 2.84. The van der Waals surface area contributed by atoms with Crippen molar-refractivity contribution in [3.8, 4) is 0 Å². The average molecular weight is 284 g/mol. The Labute approximate surface area is 105 Å². The lowest BCUT2D eigenvalue weighted by Gasteiger charge is -2.15. The summed E-state index contributed by atoms with van der Waals surface area (Å²) in [5.74, 6) is 0.335. The minimum Gasteiger partial charge on any atom is -0.383 e. The van der Waals surface area contributed by atoms with Crippen LogP contribution < -0.4 is 0 Å². The summed E-state index contributed by atoms with van der Waals surface area (Å²) in [5, 5.41) is 1.61. The molecule has 0 atom stereocenters. The summed E-state index contributed by atoms with van der Waals surface area (Å²) >= 11 is 6.98. The summed E-state index contributed by atoms with van der Waals surface area (Å²) in [6, 6.07) is 1.61. The van der Waals surface area contributed by atoms with E-state index in [0.717, 1.165) is 4.88 Å². The summed E-state index contributed by atoms with van der Waals surface area (Å²) in [6.07, 6.45) is 0. The molecule has 0 saturated heterocycles. The molecule has 0 bridgehead atoms. The molecule has 0 aliphatic rings. The molecule has 92 valence electrons. The van der Waals surface area contributed by atoms with E-state index in [4.69, 9.17) is 16.3 Å². The molecule has 0 spiro atoms. The summed E-state index contributed by atoms with van der Waals surface area (Å²) < 4.78 is 30.1. The smallest absolute Gasteiger partial charge is 0.243 e. The normalized spacial score (nSPS) is 12.2. The number of hydrogen-bond donors (Lipinski definition) is 0. The summed E-state index contributed by atoms with van der Waals surface area (Å²) in [6.45, 7) is 0.715. The van der Waals surface area contributed by atoms with Crippen molar-refractivity contribution in [1.82, 2.24) is 4.31 Å². The minimum atomic E-state index is -3.40. The fourth-order valence-corrected chi connectivity index (χ4v) is 3.62. The molecule has 1 aromatic heterocycles. The van der Waals surface area contributed by atoms with E-state index in [9.17, 15) is 8.42 Å². The third-order valence-electron chi connectivity index (χ3n) is 2.08. The van der Waals surface area contributed by atoms with E-state index >= 15 is 0 Å². The molecule has 1 aromatic rings. The van der Waals surface area contributed by atoms with E-state index in [1.165, 1.54) is 29.8 Å². The first-order chi connectivity index (χ1) is 7.52. The van der Waals surface area contributed by atoms with Crippen LogP contribution in [0.3, 0.4) is 0 Å². The molecule has 0 fully saturated rings. The number of thiophene rings is 1. The number of nitrogens with zero attached hydrogens (tertiary/aromatic N) is 1. The van der Waals surface area contributed by atoms with Crippen LogP contribution in [0.1, 0.15) is 4.88 Å². The van der Waals surface area contributed by atoms with Gasteiger partial charge in [-0.1, -0.05) is 0 Å². The second-order valence-corrected chi connectivity index (χ2v) is 6.51. The van der Waals surface area contributed by atoms with Gasteiger partial charge < -0.3 is 4.74 Å². The second-order valence-electron chi connectivity index (χ2n) is 3.20. The van der Waals surface area contributed by atoms with Crippen LogP contribution in [0.4, 0.5) is 0 Å². The van der Waals surface area contributed by atoms with E-state index in [1.54, 1.807) is 11.4 Å². The number of halogens is 1. The second kappa shape index (κ2) is 5.97. The van der Waals surface area contributed by atoms with E-state index in [-0.39, 0.29) is 0 Å². The van der Waals surface area contributed by atoms with E-state index < -0.39 is 10.0 Å². The van der Waals surface area contributed by atoms with Crippen LogP contribution in [0.25, 0.3) is 0 Å². The van der Waals surface area contributed by atoms with Gasteiger partial charge in [-0.15, -0.1) is 22.9 Å². The molecule has 0 aromatic carbocycles. The molecular formula is C9H14ClNO3S2. The number of rotatable bonds is 6. The zero-order valence-corrected chi connectivity index (χ0v) is 11.5. The first-order valence-corrected chi connectivity index (χ1v) is 7.46. The van der Waals surface area contributed by atoms with Crippen molar-refractivity contribution >= 4 is 33.0 Å². The third kappa shape index (κ3) is 3.18. The highest BCUT2D eigenvalue weighted by atomic mass is 35.5. The Morgan fingerprint density at radius 3 is 2.75 bits per heavy atom. The zero-order valence-electron chi connectivity index (χ0n) is 9.14.